The number of hydrogen-bond acceptors (Lipinski definition) is 4. The Kier molecular flexibility index (Phi) is 3.68. The van der Waals surface area contributed by atoms with E-state index in [1.54, 1.807) is 11.3 Å². The number of anilines is 1. The van der Waals surface area contributed by atoms with Crippen LogP contribution in [-0.4, -0.2) is 24.0 Å². The van der Waals surface area contributed by atoms with E-state index >= 15 is 0 Å². The highest BCUT2D eigenvalue weighted by molar-refractivity contribution is 7.15. The van der Waals surface area contributed by atoms with Crippen molar-refractivity contribution in [3.05, 3.63) is 34.2 Å². The zero-order chi connectivity index (χ0) is 13.3. The van der Waals surface area contributed by atoms with Crippen molar-refractivity contribution >= 4 is 16.5 Å². The van der Waals surface area contributed by atoms with Crippen LogP contribution in [0.3, 0.4) is 0 Å². The third-order valence-electron chi connectivity index (χ3n) is 2.95. The van der Waals surface area contributed by atoms with E-state index in [-0.39, 0.29) is 0 Å². The van der Waals surface area contributed by atoms with Crippen molar-refractivity contribution < 1.29 is 0 Å². The highest BCUT2D eigenvalue weighted by Gasteiger charge is 2.12. The highest BCUT2D eigenvalue weighted by Crippen LogP contribution is 2.31. The minimum atomic E-state index is 0.639. The van der Waals surface area contributed by atoms with Gasteiger partial charge in [0, 0.05) is 17.0 Å². The molecule has 0 atom stereocenters. The molecule has 0 saturated heterocycles. The number of rotatable bonds is 3. The van der Waals surface area contributed by atoms with Crippen molar-refractivity contribution in [2.75, 3.05) is 19.8 Å². The van der Waals surface area contributed by atoms with E-state index < -0.39 is 0 Å². The van der Waals surface area contributed by atoms with E-state index in [9.17, 15) is 0 Å². The van der Waals surface area contributed by atoms with Crippen molar-refractivity contribution in [1.29, 1.82) is 0 Å². The third-order valence-corrected chi connectivity index (χ3v) is 3.82. The summed E-state index contributed by atoms with van der Waals surface area (Å²) in [4.78, 5) is 7.83. The van der Waals surface area contributed by atoms with Gasteiger partial charge in [0.15, 0.2) is 5.13 Å². The molecule has 0 aliphatic rings. The Balaban J connectivity index is 2.45. The van der Waals surface area contributed by atoms with Crippen LogP contribution in [0.4, 0.5) is 5.13 Å². The second-order valence-corrected chi connectivity index (χ2v) is 5.98. The van der Waals surface area contributed by atoms with Crippen LogP contribution in [0.2, 0.25) is 0 Å². The summed E-state index contributed by atoms with van der Waals surface area (Å²) in [5.74, 6) is 0. The molecule has 0 amide bonds. The van der Waals surface area contributed by atoms with Crippen LogP contribution in [0.25, 0.3) is 11.3 Å². The van der Waals surface area contributed by atoms with Gasteiger partial charge in [0.05, 0.1) is 5.69 Å². The lowest BCUT2D eigenvalue weighted by atomic mass is 10.0. The van der Waals surface area contributed by atoms with Gasteiger partial charge in [0.1, 0.15) is 0 Å². The predicted molar refractivity (Wildman–Crippen MR) is 78.8 cm³/mol. The molecule has 4 heteroatoms. The smallest absolute Gasteiger partial charge is 0.180 e. The summed E-state index contributed by atoms with van der Waals surface area (Å²) in [6, 6.07) is 6.44. The summed E-state index contributed by atoms with van der Waals surface area (Å²) < 4.78 is 0. The Morgan fingerprint density at radius 2 is 1.94 bits per heavy atom. The van der Waals surface area contributed by atoms with E-state index in [0.717, 1.165) is 17.8 Å². The van der Waals surface area contributed by atoms with Crippen molar-refractivity contribution in [3.8, 4) is 11.3 Å². The average molecular weight is 261 g/mol. The normalized spacial score (nSPS) is 11.2. The predicted octanol–water partition coefficient (Wildman–Crippen LogP) is 3.07. The number of nitrogen functional groups attached to an aromatic ring is 1. The first-order valence-electron chi connectivity index (χ1n) is 5.95. The molecular weight excluding hydrogens is 242 g/mol. The first-order valence-corrected chi connectivity index (χ1v) is 6.76. The molecule has 0 aliphatic heterocycles. The van der Waals surface area contributed by atoms with Gasteiger partial charge in [-0.05, 0) is 45.1 Å². The molecule has 1 heterocycles. The first-order chi connectivity index (χ1) is 8.47. The van der Waals surface area contributed by atoms with Gasteiger partial charge >= 0.3 is 0 Å². The lowest BCUT2D eigenvalue weighted by molar-refractivity contribution is 0.406. The first kappa shape index (κ1) is 13.1. The fraction of sp³-hybridized carbons (Fsp3) is 0.357. The standard InChI is InChI=1S/C14H19N3S/c1-9-5-6-11(7-10(9)2)13-12(8-17(3)4)18-14(15)16-13/h5-7H,8H2,1-4H3,(H2,15,16). The average Bonchev–Trinajstić information content (AvgIpc) is 2.62. The summed E-state index contributed by atoms with van der Waals surface area (Å²) in [5.41, 5.74) is 10.6. The molecule has 0 aliphatic carbocycles. The molecule has 18 heavy (non-hydrogen) atoms. The molecule has 0 unspecified atom stereocenters. The van der Waals surface area contributed by atoms with Crippen molar-refractivity contribution in [2.45, 2.75) is 20.4 Å². The lowest BCUT2D eigenvalue weighted by Crippen LogP contribution is -2.10. The van der Waals surface area contributed by atoms with Crippen LogP contribution in [0.15, 0.2) is 18.2 Å². The molecule has 3 nitrogen and oxygen atoms in total. The number of benzene rings is 1. The Morgan fingerprint density at radius 3 is 2.56 bits per heavy atom. The number of nitrogens with zero attached hydrogens (tertiary/aromatic N) is 2. The van der Waals surface area contributed by atoms with Crippen molar-refractivity contribution in [1.82, 2.24) is 9.88 Å². The highest BCUT2D eigenvalue weighted by atomic mass is 32.1. The Morgan fingerprint density at radius 1 is 1.22 bits per heavy atom. The van der Waals surface area contributed by atoms with Crippen LogP contribution in [0.5, 0.6) is 0 Å². The molecule has 96 valence electrons. The van der Waals surface area contributed by atoms with Crippen LogP contribution < -0.4 is 5.73 Å². The van der Waals surface area contributed by atoms with Crippen LogP contribution in [0, 0.1) is 13.8 Å². The maximum absolute atomic E-state index is 5.85. The second kappa shape index (κ2) is 5.08. The van der Waals surface area contributed by atoms with Crippen LogP contribution in [0.1, 0.15) is 16.0 Å². The molecule has 1 aromatic heterocycles. The summed E-state index contributed by atoms with van der Waals surface area (Å²) in [5, 5.41) is 0.639. The topological polar surface area (TPSA) is 42.1 Å². The fourth-order valence-electron chi connectivity index (χ4n) is 1.88. The Labute approximate surface area is 112 Å². The monoisotopic (exact) mass is 261 g/mol. The Bertz CT molecular complexity index is 558. The SMILES string of the molecule is Cc1ccc(-c2nc(N)sc2CN(C)C)cc1C. The summed E-state index contributed by atoms with van der Waals surface area (Å²) in [7, 11) is 4.11. The minimum Gasteiger partial charge on any atom is -0.375 e. The van der Waals surface area contributed by atoms with E-state index in [2.05, 4.69) is 56.0 Å². The van der Waals surface area contributed by atoms with E-state index in [4.69, 9.17) is 5.73 Å². The third kappa shape index (κ3) is 2.71. The zero-order valence-corrected chi connectivity index (χ0v) is 12.1. The van der Waals surface area contributed by atoms with Gasteiger partial charge in [0.2, 0.25) is 0 Å². The van der Waals surface area contributed by atoms with Gasteiger partial charge in [-0.1, -0.05) is 12.1 Å². The van der Waals surface area contributed by atoms with Crippen LogP contribution in [-0.2, 0) is 6.54 Å². The van der Waals surface area contributed by atoms with Gasteiger partial charge in [-0.25, -0.2) is 4.98 Å². The molecule has 2 rings (SSSR count). The number of aryl methyl sites for hydroxylation is 2. The number of hydrogen-bond donors (Lipinski definition) is 1. The van der Waals surface area contributed by atoms with E-state index in [1.807, 2.05) is 0 Å². The molecule has 0 bridgehead atoms. The maximum Gasteiger partial charge on any atom is 0.180 e. The molecule has 0 spiro atoms. The van der Waals surface area contributed by atoms with Gasteiger partial charge in [-0.2, -0.15) is 0 Å². The lowest BCUT2D eigenvalue weighted by Gasteiger charge is -2.10. The quantitative estimate of drug-likeness (QED) is 0.923. The number of aromatic nitrogens is 1. The Hall–Kier alpha value is -1.39. The van der Waals surface area contributed by atoms with Crippen molar-refractivity contribution in [3.63, 3.8) is 0 Å². The summed E-state index contributed by atoms with van der Waals surface area (Å²) in [6.07, 6.45) is 0. The molecule has 2 N–H and O–H groups in total. The number of thiazole rings is 1. The van der Waals surface area contributed by atoms with Gasteiger partial charge in [-0.3, -0.25) is 0 Å². The van der Waals surface area contributed by atoms with Crippen LogP contribution >= 0.6 is 11.3 Å². The molecule has 2 aromatic rings. The zero-order valence-electron chi connectivity index (χ0n) is 11.3. The van der Waals surface area contributed by atoms with Gasteiger partial charge in [-0.15, -0.1) is 11.3 Å². The second-order valence-electron chi connectivity index (χ2n) is 4.86. The minimum absolute atomic E-state index is 0.639. The number of nitrogens with two attached hydrogens (primary N) is 1. The van der Waals surface area contributed by atoms with Gasteiger partial charge < -0.3 is 10.6 Å². The maximum atomic E-state index is 5.85. The van der Waals surface area contributed by atoms with Gasteiger partial charge in [0.25, 0.3) is 0 Å². The molecule has 0 radical (unpaired) electrons. The molecule has 0 fully saturated rings. The van der Waals surface area contributed by atoms with Crippen molar-refractivity contribution in [2.24, 2.45) is 0 Å². The van der Waals surface area contributed by atoms with E-state index in [1.165, 1.54) is 16.0 Å². The molecule has 1 aromatic carbocycles. The summed E-state index contributed by atoms with van der Waals surface area (Å²) >= 11 is 1.57. The molecular formula is C14H19N3S. The van der Waals surface area contributed by atoms with E-state index in [0.29, 0.717) is 5.13 Å². The molecule has 0 saturated carbocycles. The largest absolute Gasteiger partial charge is 0.375 e. The summed E-state index contributed by atoms with van der Waals surface area (Å²) in [6.45, 7) is 5.12. The fourth-order valence-corrected chi connectivity index (χ4v) is 2.85.